The van der Waals surface area contributed by atoms with Crippen LogP contribution in [0.25, 0.3) is 11.3 Å². The Morgan fingerprint density at radius 2 is 1.96 bits per heavy atom. The van der Waals surface area contributed by atoms with Crippen molar-refractivity contribution in [3.8, 4) is 23.1 Å². The van der Waals surface area contributed by atoms with Gasteiger partial charge in [-0.3, -0.25) is 4.79 Å². The van der Waals surface area contributed by atoms with Gasteiger partial charge in [-0.1, -0.05) is 12.1 Å². The van der Waals surface area contributed by atoms with Gasteiger partial charge in [-0.2, -0.15) is 9.97 Å². The lowest BCUT2D eigenvalue weighted by atomic mass is 10.0. The summed E-state index contributed by atoms with van der Waals surface area (Å²) in [7, 11) is 3.02. The van der Waals surface area contributed by atoms with Crippen molar-refractivity contribution in [1.82, 2.24) is 14.9 Å². The predicted molar refractivity (Wildman–Crippen MR) is 91.7 cm³/mol. The first-order chi connectivity index (χ1) is 12.1. The lowest BCUT2D eigenvalue weighted by molar-refractivity contribution is 0.0474. The van der Waals surface area contributed by atoms with E-state index in [1.54, 1.807) is 23.1 Å². The molecule has 7 heteroatoms. The minimum absolute atomic E-state index is 0.0665. The molecule has 1 amide bonds. The molecule has 1 aromatic carbocycles. The first kappa shape index (κ1) is 17.2. The third-order valence-electron chi connectivity index (χ3n) is 4.19. The number of methoxy groups -OCH3 is 2. The van der Waals surface area contributed by atoms with E-state index >= 15 is 0 Å². The number of hydrogen-bond acceptors (Lipinski definition) is 6. The number of amides is 1. The summed E-state index contributed by atoms with van der Waals surface area (Å²) in [6, 6.07) is 9.11. The monoisotopic (exact) mass is 343 g/mol. The molecule has 1 saturated heterocycles. The Balaban J connectivity index is 1.81. The summed E-state index contributed by atoms with van der Waals surface area (Å²) in [4.78, 5) is 22.6. The highest BCUT2D eigenvalue weighted by atomic mass is 16.5. The van der Waals surface area contributed by atoms with E-state index in [2.05, 4.69) is 9.97 Å². The van der Waals surface area contributed by atoms with Gasteiger partial charge in [-0.15, -0.1) is 0 Å². The van der Waals surface area contributed by atoms with E-state index in [0.29, 0.717) is 30.2 Å². The Hall–Kier alpha value is -2.67. The highest BCUT2D eigenvalue weighted by Crippen LogP contribution is 2.24. The van der Waals surface area contributed by atoms with Gasteiger partial charge in [0.15, 0.2) is 0 Å². The number of carbonyl (C=O) groups is 1. The maximum Gasteiger partial charge on any atom is 0.320 e. The van der Waals surface area contributed by atoms with Gasteiger partial charge in [-0.05, 0) is 25.0 Å². The summed E-state index contributed by atoms with van der Waals surface area (Å²) in [5.74, 6) is 0.340. The Bertz CT molecular complexity index is 726. The van der Waals surface area contributed by atoms with E-state index < -0.39 is 6.10 Å². The number of ether oxygens (including phenoxy) is 2. The Morgan fingerprint density at radius 1 is 1.20 bits per heavy atom. The largest absolute Gasteiger partial charge is 0.481 e. The molecule has 0 unspecified atom stereocenters. The first-order valence-corrected chi connectivity index (χ1v) is 8.15. The summed E-state index contributed by atoms with van der Waals surface area (Å²) in [6.45, 7) is 1.07. The number of likely N-dealkylation sites (tertiary alicyclic amines) is 1. The van der Waals surface area contributed by atoms with E-state index in [1.807, 2.05) is 12.1 Å². The van der Waals surface area contributed by atoms with Crippen molar-refractivity contribution in [3.63, 3.8) is 0 Å². The molecule has 3 rings (SSSR count). The molecule has 0 spiro atoms. The molecule has 2 aromatic rings. The highest BCUT2D eigenvalue weighted by Gasteiger charge is 2.23. The summed E-state index contributed by atoms with van der Waals surface area (Å²) in [5.41, 5.74) is 2.07. The third kappa shape index (κ3) is 3.88. The number of benzene rings is 1. The SMILES string of the molecule is COc1cc(-c2ccc(C(=O)N3CCC[C@H](O)C3)cc2)nc(OC)n1. The molecule has 0 bridgehead atoms. The summed E-state index contributed by atoms with van der Waals surface area (Å²) < 4.78 is 10.2. The fourth-order valence-electron chi connectivity index (χ4n) is 2.85. The van der Waals surface area contributed by atoms with Gasteiger partial charge in [0.1, 0.15) is 0 Å². The van der Waals surface area contributed by atoms with Crippen molar-refractivity contribution >= 4 is 5.91 Å². The van der Waals surface area contributed by atoms with Crippen LogP contribution in [0.2, 0.25) is 0 Å². The quantitative estimate of drug-likeness (QED) is 0.910. The number of nitrogens with zero attached hydrogens (tertiary/aromatic N) is 3. The number of piperidine rings is 1. The number of hydrogen-bond donors (Lipinski definition) is 1. The Kier molecular flexibility index (Phi) is 5.14. The molecule has 1 aromatic heterocycles. The van der Waals surface area contributed by atoms with Gasteiger partial charge in [0.25, 0.3) is 5.91 Å². The molecular weight excluding hydrogens is 322 g/mol. The van der Waals surface area contributed by atoms with Crippen molar-refractivity contribution in [2.75, 3.05) is 27.3 Å². The van der Waals surface area contributed by atoms with Gasteiger partial charge in [-0.25, -0.2) is 0 Å². The number of aromatic nitrogens is 2. The third-order valence-corrected chi connectivity index (χ3v) is 4.19. The smallest absolute Gasteiger partial charge is 0.320 e. The number of aliphatic hydroxyl groups is 1. The van der Waals surface area contributed by atoms with Crippen LogP contribution in [-0.2, 0) is 0 Å². The topological polar surface area (TPSA) is 84.8 Å². The average molecular weight is 343 g/mol. The Labute approximate surface area is 146 Å². The summed E-state index contributed by atoms with van der Waals surface area (Å²) >= 11 is 0. The first-order valence-electron chi connectivity index (χ1n) is 8.15. The lowest BCUT2D eigenvalue weighted by Gasteiger charge is -2.30. The van der Waals surface area contributed by atoms with Crippen LogP contribution in [0.4, 0.5) is 0 Å². The second-order valence-electron chi connectivity index (χ2n) is 5.91. The molecule has 0 aliphatic carbocycles. The number of carbonyl (C=O) groups excluding carboxylic acids is 1. The van der Waals surface area contributed by atoms with E-state index in [9.17, 15) is 9.90 Å². The van der Waals surface area contributed by atoms with Gasteiger partial charge in [0.05, 0.1) is 26.0 Å². The highest BCUT2D eigenvalue weighted by molar-refractivity contribution is 5.94. The van der Waals surface area contributed by atoms with E-state index in [-0.39, 0.29) is 11.9 Å². The molecule has 1 N–H and O–H groups in total. The molecule has 1 atom stereocenters. The second-order valence-corrected chi connectivity index (χ2v) is 5.91. The van der Waals surface area contributed by atoms with Crippen LogP contribution in [0.1, 0.15) is 23.2 Å². The summed E-state index contributed by atoms with van der Waals surface area (Å²) in [5, 5.41) is 9.74. The van der Waals surface area contributed by atoms with Crippen LogP contribution >= 0.6 is 0 Å². The summed E-state index contributed by atoms with van der Waals surface area (Å²) in [6.07, 6.45) is 1.14. The van der Waals surface area contributed by atoms with Crippen LogP contribution in [0.3, 0.4) is 0 Å². The van der Waals surface area contributed by atoms with E-state index in [0.717, 1.165) is 18.4 Å². The number of aliphatic hydroxyl groups excluding tert-OH is 1. The average Bonchev–Trinajstić information content (AvgIpc) is 2.67. The van der Waals surface area contributed by atoms with Crippen molar-refractivity contribution in [3.05, 3.63) is 35.9 Å². The zero-order chi connectivity index (χ0) is 17.8. The van der Waals surface area contributed by atoms with E-state index in [1.165, 1.54) is 14.2 Å². The van der Waals surface area contributed by atoms with Crippen molar-refractivity contribution in [1.29, 1.82) is 0 Å². The van der Waals surface area contributed by atoms with Crippen LogP contribution in [-0.4, -0.2) is 59.3 Å². The molecule has 1 aliphatic heterocycles. The van der Waals surface area contributed by atoms with Crippen molar-refractivity contribution < 1.29 is 19.4 Å². The minimum Gasteiger partial charge on any atom is -0.481 e. The zero-order valence-electron chi connectivity index (χ0n) is 14.3. The van der Waals surface area contributed by atoms with Gasteiger partial charge in [0, 0.05) is 30.3 Å². The van der Waals surface area contributed by atoms with Crippen LogP contribution in [0.5, 0.6) is 11.9 Å². The normalized spacial score (nSPS) is 17.2. The Morgan fingerprint density at radius 3 is 2.60 bits per heavy atom. The molecule has 0 radical (unpaired) electrons. The molecule has 7 nitrogen and oxygen atoms in total. The van der Waals surface area contributed by atoms with Crippen molar-refractivity contribution in [2.45, 2.75) is 18.9 Å². The standard InChI is InChI=1S/C18H21N3O4/c1-24-16-10-15(19-18(20-16)25-2)12-5-7-13(8-6-12)17(23)21-9-3-4-14(22)11-21/h5-8,10,14,22H,3-4,9,11H2,1-2H3/t14-/m0/s1. The van der Waals surface area contributed by atoms with Crippen molar-refractivity contribution in [2.24, 2.45) is 0 Å². The molecular formula is C18H21N3O4. The molecule has 132 valence electrons. The second kappa shape index (κ2) is 7.48. The predicted octanol–water partition coefficient (Wildman–Crippen LogP) is 1.76. The fourth-order valence-corrected chi connectivity index (χ4v) is 2.85. The van der Waals surface area contributed by atoms with Gasteiger partial charge in [0.2, 0.25) is 5.88 Å². The molecule has 1 aliphatic rings. The maximum atomic E-state index is 12.5. The molecule has 25 heavy (non-hydrogen) atoms. The zero-order valence-corrected chi connectivity index (χ0v) is 14.3. The van der Waals surface area contributed by atoms with Gasteiger partial charge < -0.3 is 19.5 Å². The number of rotatable bonds is 4. The van der Waals surface area contributed by atoms with Crippen LogP contribution in [0.15, 0.2) is 30.3 Å². The lowest BCUT2D eigenvalue weighted by Crippen LogP contribution is -2.42. The molecule has 1 fully saturated rings. The van der Waals surface area contributed by atoms with Crippen LogP contribution in [0, 0.1) is 0 Å². The molecule has 0 saturated carbocycles. The maximum absolute atomic E-state index is 12.5. The fraction of sp³-hybridized carbons (Fsp3) is 0.389. The van der Waals surface area contributed by atoms with Crippen LogP contribution < -0.4 is 9.47 Å². The number of β-amino-alcohol motifs (C(OH)–C–C–N with tert-alkyl or cyclic N) is 1. The van der Waals surface area contributed by atoms with Gasteiger partial charge >= 0.3 is 6.01 Å². The molecule has 2 heterocycles. The minimum atomic E-state index is -0.432. The van der Waals surface area contributed by atoms with E-state index in [4.69, 9.17) is 9.47 Å².